The molecule has 1 fully saturated rings. The maximum absolute atomic E-state index is 13.1. The average Bonchev–Trinajstić information content (AvgIpc) is 2.99. The quantitative estimate of drug-likeness (QED) is 0.658. The Balaban J connectivity index is 1.54. The number of rotatable bonds is 3. The second-order valence-corrected chi connectivity index (χ2v) is 9.06. The second-order valence-electron chi connectivity index (χ2n) is 6.75. The zero-order valence-electron chi connectivity index (χ0n) is 15.4. The molecule has 1 amide bonds. The lowest BCUT2D eigenvalue weighted by Crippen LogP contribution is -2.50. The molecule has 1 aromatic heterocycles. The highest BCUT2D eigenvalue weighted by Gasteiger charge is 2.32. The molecule has 6 nitrogen and oxygen atoms in total. The SMILES string of the molecule is Cn1c(C(=O)N2CCN(S(=O)(=O)c3ccccc3)CC2)c(Cl)c2ccccc21. The Morgan fingerprint density at radius 2 is 1.54 bits per heavy atom. The van der Waals surface area contributed by atoms with Gasteiger partial charge in [-0.25, -0.2) is 8.42 Å². The minimum atomic E-state index is -3.55. The van der Waals surface area contributed by atoms with Gasteiger partial charge in [-0.3, -0.25) is 4.79 Å². The van der Waals surface area contributed by atoms with Crippen LogP contribution in [0.25, 0.3) is 10.9 Å². The summed E-state index contributed by atoms with van der Waals surface area (Å²) in [6, 6.07) is 16.0. The van der Waals surface area contributed by atoms with Gasteiger partial charge < -0.3 is 9.47 Å². The number of amides is 1. The minimum absolute atomic E-state index is 0.180. The molecule has 8 heteroatoms. The fraction of sp³-hybridized carbons (Fsp3) is 0.250. The first-order valence-corrected chi connectivity index (χ1v) is 10.8. The fourth-order valence-corrected chi connectivity index (χ4v) is 5.42. The zero-order valence-corrected chi connectivity index (χ0v) is 16.9. The number of hydrogen-bond donors (Lipinski definition) is 0. The minimum Gasteiger partial charge on any atom is -0.338 e. The van der Waals surface area contributed by atoms with E-state index in [1.807, 2.05) is 31.3 Å². The van der Waals surface area contributed by atoms with Crippen LogP contribution in [0.3, 0.4) is 0 Å². The molecule has 0 radical (unpaired) electrons. The predicted octanol–water partition coefficient (Wildman–Crippen LogP) is 2.98. The van der Waals surface area contributed by atoms with Gasteiger partial charge >= 0.3 is 0 Å². The Labute approximate surface area is 169 Å². The van der Waals surface area contributed by atoms with E-state index in [1.54, 1.807) is 39.8 Å². The molecule has 3 aromatic rings. The molecule has 0 bridgehead atoms. The number of aryl methyl sites for hydroxylation is 1. The Hall–Kier alpha value is -2.35. The Kier molecular flexibility index (Phi) is 4.91. The number of aromatic nitrogens is 1. The van der Waals surface area contributed by atoms with Crippen LogP contribution in [0.15, 0.2) is 59.5 Å². The van der Waals surface area contributed by atoms with Gasteiger partial charge in [0.15, 0.2) is 0 Å². The molecule has 2 aromatic carbocycles. The number of nitrogens with zero attached hydrogens (tertiary/aromatic N) is 3. The smallest absolute Gasteiger partial charge is 0.272 e. The first kappa shape index (κ1) is 19.0. The predicted molar refractivity (Wildman–Crippen MR) is 109 cm³/mol. The van der Waals surface area contributed by atoms with Crippen LogP contribution in [-0.4, -0.2) is 54.3 Å². The topological polar surface area (TPSA) is 62.6 Å². The molecule has 2 heterocycles. The highest BCUT2D eigenvalue weighted by atomic mass is 35.5. The highest BCUT2D eigenvalue weighted by molar-refractivity contribution is 7.89. The van der Waals surface area contributed by atoms with E-state index in [2.05, 4.69) is 0 Å². The van der Waals surface area contributed by atoms with Crippen molar-refractivity contribution in [2.24, 2.45) is 7.05 Å². The van der Waals surface area contributed by atoms with E-state index < -0.39 is 10.0 Å². The molecule has 0 unspecified atom stereocenters. The van der Waals surface area contributed by atoms with Crippen molar-refractivity contribution in [2.45, 2.75) is 4.90 Å². The molecule has 1 saturated heterocycles. The van der Waals surface area contributed by atoms with E-state index in [1.165, 1.54) is 4.31 Å². The third-order valence-electron chi connectivity index (χ3n) is 5.15. The monoisotopic (exact) mass is 417 g/mol. The Bertz CT molecular complexity index is 1100. The van der Waals surface area contributed by atoms with Crippen molar-refractivity contribution in [3.63, 3.8) is 0 Å². The van der Waals surface area contributed by atoms with Crippen molar-refractivity contribution in [3.8, 4) is 0 Å². The molecule has 0 saturated carbocycles. The summed E-state index contributed by atoms with van der Waals surface area (Å²) in [4.78, 5) is 15.0. The number of halogens is 1. The molecule has 0 atom stereocenters. The number of para-hydroxylation sites is 1. The van der Waals surface area contributed by atoms with Gasteiger partial charge in [0, 0.05) is 44.1 Å². The van der Waals surface area contributed by atoms with Gasteiger partial charge in [-0.2, -0.15) is 4.31 Å². The first-order valence-electron chi connectivity index (χ1n) is 8.98. The number of carbonyl (C=O) groups is 1. The van der Waals surface area contributed by atoms with E-state index in [9.17, 15) is 13.2 Å². The van der Waals surface area contributed by atoms with Gasteiger partial charge in [-0.05, 0) is 18.2 Å². The average molecular weight is 418 g/mol. The maximum atomic E-state index is 13.1. The molecule has 0 N–H and O–H groups in total. The van der Waals surface area contributed by atoms with E-state index in [0.717, 1.165) is 10.9 Å². The van der Waals surface area contributed by atoms with Crippen LogP contribution in [0, 0.1) is 0 Å². The summed E-state index contributed by atoms with van der Waals surface area (Å²) < 4.78 is 28.7. The molecule has 146 valence electrons. The van der Waals surface area contributed by atoms with E-state index in [0.29, 0.717) is 23.8 Å². The van der Waals surface area contributed by atoms with Crippen LogP contribution in [0.5, 0.6) is 0 Å². The molecule has 28 heavy (non-hydrogen) atoms. The van der Waals surface area contributed by atoms with Crippen LogP contribution in [0.4, 0.5) is 0 Å². The van der Waals surface area contributed by atoms with E-state index in [4.69, 9.17) is 11.6 Å². The molecule has 4 rings (SSSR count). The van der Waals surface area contributed by atoms with Crippen molar-refractivity contribution in [2.75, 3.05) is 26.2 Å². The summed E-state index contributed by atoms with van der Waals surface area (Å²) in [5, 5.41) is 1.27. The number of piperazine rings is 1. The third kappa shape index (κ3) is 3.09. The molecule has 1 aliphatic heterocycles. The number of sulfonamides is 1. The standard InChI is InChI=1S/C20H20ClN3O3S/c1-22-17-10-6-5-9-16(17)18(21)19(22)20(25)23-11-13-24(14-12-23)28(26,27)15-7-3-2-4-8-15/h2-10H,11-14H2,1H3. The Morgan fingerprint density at radius 1 is 0.929 bits per heavy atom. The molecule has 0 spiro atoms. The van der Waals surface area contributed by atoms with Gasteiger partial charge in [-0.15, -0.1) is 0 Å². The largest absolute Gasteiger partial charge is 0.338 e. The Morgan fingerprint density at radius 3 is 2.18 bits per heavy atom. The van der Waals surface area contributed by atoms with Gasteiger partial charge in [0.25, 0.3) is 5.91 Å². The van der Waals surface area contributed by atoms with Crippen LogP contribution in [0.1, 0.15) is 10.5 Å². The zero-order chi connectivity index (χ0) is 19.9. The van der Waals surface area contributed by atoms with Crippen molar-refractivity contribution in [3.05, 3.63) is 65.3 Å². The van der Waals surface area contributed by atoms with E-state index >= 15 is 0 Å². The number of benzene rings is 2. The molecular weight excluding hydrogens is 398 g/mol. The molecule has 1 aliphatic rings. The van der Waals surface area contributed by atoms with Gasteiger partial charge in [0.05, 0.1) is 9.92 Å². The van der Waals surface area contributed by atoms with Crippen molar-refractivity contribution < 1.29 is 13.2 Å². The normalized spacial score (nSPS) is 15.9. The summed E-state index contributed by atoms with van der Waals surface area (Å²) in [7, 11) is -1.73. The van der Waals surface area contributed by atoms with Crippen molar-refractivity contribution >= 4 is 38.4 Å². The fourth-order valence-electron chi connectivity index (χ4n) is 3.61. The third-order valence-corrected chi connectivity index (χ3v) is 7.45. The van der Waals surface area contributed by atoms with Gasteiger partial charge in [0.2, 0.25) is 10.0 Å². The second kappa shape index (κ2) is 7.24. The lowest BCUT2D eigenvalue weighted by Gasteiger charge is -2.34. The van der Waals surface area contributed by atoms with Crippen LogP contribution in [-0.2, 0) is 17.1 Å². The van der Waals surface area contributed by atoms with E-state index in [-0.39, 0.29) is 23.9 Å². The van der Waals surface area contributed by atoms with Gasteiger partial charge in [-0.1, -0.05) is 48.0 Å². The summed E-state index contributed by atoms with van der Waals surface area (Å²) in [5.41, 5.74) is 1.32. The number of carbonyl (C=O) groups excluding carboxylic acids is 1. The van der Waals surface area contributed by atoms with Crippen molar-refractivity contribution in [1.82, 2.24) is 13.8 Å². The van der Waals surface area contributed by atoms with Crippen LogP contribution >= 0.6 is 11.6 Å². The highest BCUT2D eigenvalue weighted by Crippen LogP contribution is 2.31. The lowest BCUT2D eigenvalue weighted by molar-refractivity contribution is 0.0689. The van der Waals surface area contributed by atoms with Crippen LogP contribution in [0.2, 0.25) is 5.02 Å². The number of hydrogen-bond acceptors (Lipinski definition) is 3. The molecule has 0 aliphatic carbocycles. The summed E-state index contributed by atoms with van der Waals surface area (Å²) >= 11 is 6.48. The summed E-state index contributed by atoms with van der Waals surface area (Å²) in [6.07, 6.45) is 0. The van der Waals surface area contributed by atoms with Crippen LogP contribution < -0.4 is 0 Å². The first-order chi connectivity index (χ1) is 13.4. The van der Waals surface area contributed by atoms with Gasteiger partial charge in [0.1, 0.15) is 5.69 Å². The summed E-state index contributed by atoms with van der Waals surface area (Å²) in [5.74, 6) is -0.180. The van der Waals surface area contributed by atoms with Crippen molar-refractivity contribution in [1.29, 1.82) is 0 Å². The number of fused-ring (bicyclic) bond motifs is 1. The summed E-state index contributed by atoms with van der Waals surface area (Å²) in [6.45, 7) is 1.15. The lowest BCUT2D eigenvalue weighted by atomic mass is 10.2. The maximum Gasteiger partial charge on any atom is 0.272 e. The molecular formula is C20H20ClN3O3S.